The Labute approximate surface area is 158 Å². The number of halogens is 1. The lowest BCUT2D eigenvalue weighted by Gasteiger charge is -2.32. The van der Waals surface area contributed by atoms with Crippen LogP contribution in [0.1, 0.15) is 58.8 Å². The normalized spacial score (nSPS) is 24.1. The fourth-order valence-electron chi connectivity index (χ4n) is 3.25. The third-order valence-electron chi connectivity index (χ3n) is 4.92. The summed E-state index contributed by atoms with van der Waals surface area (Å²) in [5.41, 5.74) is 6.41. The van der Waals surface area contributed by atoms with Crippen molar-refractivity contribution in [2.45, 2.75) is 69.4 Å². The Balaban J connectivity index is 1.99. The van der Waals surface area contributed by atoms with Gasteiger partial charge in [0.05, 0.1) is 10.9 Å². The Hall–Kier alpha value is -0.920. The van der Waals surface area contributed by atoms with Crippen molar-refractivity contribution in [1.29, 1.82) is 0 Å². The highest BCUT2D eigenvalue weighted by Gasteiger charge is 2.38. The van der Waals surface area contributed by atoms with Crippen LogP contribution in [0.4, 0.5) is 0 Å². The summed E-state index contributed by atoms with van der Waals surface area (Å²) in [5.74, 6) is -0.885. The monoisotopic (exact) mass is 416 g/mol. The third-order valence-corrected chi connectivity index (χ3v) is 5.28. The summed E-state index contributed by atoms with van der Waals surface area (Å²) in [6, 6.07) is 0. The number of imide groups is 1. The molecule has 0 aromatic rings. The molecule has 6 nitrogen and oxygen atoms in total. The summed E-state index contributed by atoms with van der Waals surface area (Å²) >= 11 is 3.23. The molecule has 1 aliphatic carbocycles. The van der Waals surface area contributed by atoms with Crippen LogP contribution < -0.4 is 11.1 Å². The first kappa shape index (κ1) is 20.4. The Morgan fingerprint density at radius 3 is 2.56 bits per heavy atom. The largest absolute Gasteiger partial charge is 0.401 e. The number of rotatable bonds is 6. The van der Waals surface area contributed by atoms with E-state index in [9.17, 15) is 9.59 Å². The lowest BCUT2D eigenvalue weighted by molar-refractivity contribution is -0.175. The molecule has 0 spiro atoms. The molecule has 142 valence electrons. The summed E-state index contributed by atoms with van der Waals surface area (Å²) < 4.78 is 10.8. The number of carbonyl (C=O) groups excluding carboxylic acids is 2. The van der Waals surface area contributed by atoms with Crippen molar-refractivity contribution in [1.82, 2.24) is 5.32 Å². The number of carbonyl (C=O) groups is 2. The van der Waals surface area contributed by atoms with Crippen LogP contribution in [-0.2, 0) is 19.1 Å². The minimum atomic E-state index is -0.808. The van der Waals surface area contributed by atoms with Gasteiger partial charge in [-0.15, -0.1) is 0 Å². The summed E-state index contributed by atoms with van der Waals surface area (Å²) in [7, 11) is 0. The predicted octanol–water partition coefficient (Wildman–Crippen LogP) is 2.75. The molecule has 25 heavy (non-hydrogen) atoms. The standard InChI is InChI=1S/C18H29BrN2O4/c1-17(2,19)16(23)21-14(22)11-13(20)18(8-4-5-9-18)12-25-15-7-3-6-10-24-15/h11,15H,3-10,12,20H2,1-2H3,(H,21,22,23). The Bertz CT molecular complexity index is 516. The molecule has 2 rings (SSSR count). The van der Waals surface area contributed by atoms with Gasteiger partial charge in [-0.3, -0.25) is 14.9 Å². The highest BCUT2D eigenvalue weighted by Crippen LogP contribution is 2.43. The number of alkyl halides is 1. The van der Waals surface area contributed by atoms with Gasteiger partial charge in [0.25, 0.3) is 5.91 Å². The van der Waals surface area contributed by atoms with Crippen molar-refractivity contribution in [2.75, 3.05) is 13.2 Å². The zero-order chi connectivity index (χ0) is 18.5. The van der Waals surface area contributed by atoms with Crippen LogP contribution >= 0.6 is 15.9 Å². The molecule has 0 bridgehead atoms. The van der Waals surface area contributed by atoms with Gasteiger partial charge < -0.3 is 15.2 Å². The van der Waals surface area contributed by atoms with E-state index in [0.29, 0.717) is 12.3 Å². The highest BCUT2D eigenvalue weighted by atomic mass is 79.9. The molecule has 1 heterocycles. The van der Waals surface area contributed by atoms with Crippen LogP contribution in [0.3, 0.4) is 0 Å². The van der Waals surface area contributed by atoms with Crippen LogP contribution in [0.5, 0.6) is 0 Å². The van der Waals surface area contributed by atoms with Crippen molar-refractivity contribution < 1.29 is 19.1 Å². The van der Waals surface area contributed by atoms with Gasteiger partial charge in [-0.25, -0.2) is 0 Å². The van der Waals surface area contributed by atoms with E-state index in [-0.39, 0.29) is 11.7 Å². The van der Waals surface area contributed by atoms with Crippen LogP contribution in [0.2, 0.25) is 0 Å². The van der Waals surface area contributed by atoms with E-state index in [2.05, 4.69) is 21.2 Å². The number of ether oxygens (including phenoxy) is 2. The fraction of sp³-hybridized carbons (Fsp3) is 0.778. The zero-order valence-electron chi connectivity index (χ0n) is 15.1. The highest BCUT2D eigenvalue weighted by molar-refractivity contribution is 9.10. The summed E-state index contributed by atoms with van der Waals surface area (Å²) in [6.45, 7) is 4.54. The Morgan fingerprint density at radius 2 is 2.00 bits per heavy atom. The average Bonchev–Trinajstić information content (AvgIpc) is 3.03. The molecule has 1 saturated heterocycles. The molecule has 0 aromatic carbocycles. The molecule has 0 radical (unpaired) electrons. The third kappa shape index (κ3) is 5.79. The molecule has 1 aliphatic heterocycles. The van der Waals surface area contributed by atoms with Crippen LogP contribution in [0.15, 0.2) is 11.8 Å². The number of nitrogens with one attached hydrogen (secondary N) is 1. The van der Waals surface area contributed by atoms with Gasteiger partial charge in [-0.05, 0) is 46.0 Å². The van der Waals surface area contributed by atoms with Crippen molar-refractivity contribution in [3.05, 3.63) is 11.8 Å². The van der Waals surface area contributed by atoms with E-state index >= 15 is 0 Å². The number of hydrogen-bond acceptors (Lipinski definition) is 5. The molecular weight excluding hydrogens is 388 g/mol. The minimum Gasteiger partial charge on any atom is -0.401 e. The van der Waals surface area contributed by atoms with E-state index in [1.807, 2.05) is 0 Å². The zero-order valence-corrected chi connectivity index (χ0v) is 16.7. The van der Waals surface area contributed by atoms with Crippen molar-refractivity contribution in [3.8, 4) is 0 Å². The predicted molar refractivity (Wildman–Crippen MR) is 98.9 cm³/mol. The number of hydrogen-bond donors (Lipinski definition) is 2. The molecule has 3 N–H and O–H groups in total. The topological polar surface area (TPSA) is 90.7 Å². The van der Waals surface area contributed by atoms with Gasteiger partial charge in [0.2, 0.25) is 5.91 Å². The second kappa shape index (κ2) is 8.64. The SMILES string of the molecule is CC(C)(Br)C(=O)NC(=O)C=C(N)C1(COC2CCCCO2)CCCC1. The van der Waals surface area contributed by atoms with E-state index in [4.69, 9.17) is 15.2 Å². The maximum Gasteiger partial charge on any atom is 0.252 e. The number of amides is 2. The van der Waals surface area contributed by atoms with Crippen molar-refractivity contribution in [2.24, 2.45) is 11.1 Å². The Morgan fingerprint density at radius 1 is 1.32 bits per heavy atom. The molecule has 1 saturated carbocycles. The smallest absolute Gasteiger partial charge is 0.252 e. The molecule has 0 aromatic heterocycles. The van der Waals surface area contributed by atoms with Gasteiger partial charge in [0, 0.05) is 23.8 Å². The molecular formula is C18H29BrN2O4. The first-order valence-electron chi connectivity index (χ1n) is 8.98. The molecule has 7 heteroatoms. The molecule has 2 aliphatic rings. The summed E-state index contributed by atoms with van der Waals surface area (Å²) in [5, 5.41) is 2.35. The lowest BCUT2D eigenvalue weighted by Crippen LogP contribution is -2.41. The van der Waals surface area contributed by atoms with E-state index < -0.39 is 16.1 Å². The van der Waals surface area contributed by atoms with Gasteiger partial charge in [0.1, 0.15) is 0 Å². The van der Waals surface area contributed by atoms with Gasteiger partial charge in [-0.1, -0.05) is 28.8 Å². The van der Waals surface area contributed by atoms with Crippen LogP contribution in [0.25, 0.3) is 0 Å². The maximum absolute atomic E-state index is 12.1. The van der Waals surface area contributed by atoms with Crippen LogP contribution in [0, 0.1) is 5.41 Å². The molecule has 2 fully saturated rings. The minimum absolute atomic E-state index is 0.177. The second-order valence-corrected chi connectivity index (χ2v) is 9.47. The molecule has 1 atom stereocenters. The first-order valence-corrected chi connectivity index (χ1v) is 9.77. The van der Waals surface area contributed by atoms with Gasteiger partial charge in [-0.2, -0.15) is 0 Å². The fourth-order valence-corrected chi connectivity index (χ4v) is 3.35. The second-order valence-electron chi connectivity index (χ2n) is 7.49. The van der Waals surface area contributed by atoms with E-state index in [1.54, 1.807) is 13.8 Å². The average molecular weight is 417 g/mol. The van der Waals surface area contributed by atoms with E-state index in [1.165, 1.54) is 6.08 Å². The molecule has 1 unspecified atom stereocenters. The Kier molecular flexibility index (Phi) is 7.05. The molecule has 2 amide bonds. The first-order chi connectivity index (χ1) is 11.7. The summed E-state index contributed by atoms with van der Waals surface area (Å²) in [4.78, 5) is 24.0. The van der Waals surface area contributed by atoms with Gasteiger partial charge in [0.15, 0.2) is 6.29 Å². The van der Waals surface area contributed by atoms with E-state index in [0.717, 1.165) is 51.6 Å². The van der Waals surface area contributed by atoms with Crippen molar-refractivity contribution in [3.63, 3.8) is 0 Å². The quantitative estimate of drug-likeness (QED) is 0.512. The van der Waals surface area contributed by atoms with Gasteiger partial charge >= 0.3 is 0 Å². The van der Waals surface area contributed by atoms with Crippen LogP contribution in [-0.4, -0.2) is 35.6 Å². The van der Waals surface area contributed by atoms with Crippen molar-refractivity contribution >= 4 is 27.7 Å². The lowest BCUT2D eigenvalue weighted by atomic mass is 9.83. The summed E-state index contributed by atoms with van der Waals surface area (Å²) in [6.07, 6.45) is 8.11. The maximum atomic E-state index is 12.1. The number of nitrogens with two attached hydrogens (primary N) is 1.